The summed E-state index contributed by atoms with van der Waals surface area (Å²) in [4.78, 5) is 24.9. The van der Waals surface area contributed by atoms with Crippen molar-refractivity contribution in [1.82, 2.24) is 4.90 Å². The van der Waals surface area contributed by atoms with Gasteiger partial charge in [0.2, 0.25) is 11.8 Å². The molecule has 0 aliphatic carbocycles. The lowest BCUT2D eigenvalue weighted by molar-refractivity contribution is -0.138. The van der Waals surface area contributed by atoms with Gasteiger partial charge in [-0.1, -0.05) is 60.7 Å². The van der Waals surface area contributed by atoms with Crippen LogP contribution in [0.5, 0.6) is 0 Å². The van der Waals surface area contributed by atoms with Gasteiger partial charge in [0.05, 0.1) is 6.10 Å². The first-order valence-corrected chi connectivity index (χ1v) is 8.34. The molecule has 2 heterocycles. The van der Waals surface area contributed by atoms with Gasteiger partial charge in [-0.15, -0.1) is 0 Å². The number of hydrogen-bond acceptors (Lipinski definition) is 3. The molecule has 1 unspecified atom stereocenters. The zero-order valence-corrected chi connectivity index (χ0v) is 13.4. The molecule has 1 atom stereocenters. The second kappa shape index (κ2) is 5.87. The first kappa shape index (κ1) is 15.1. The fourth-order valence-electron chi connectivity index (χ4n) is 3.62. The van der Waals surface area contributed by atoms with Gasteiger partial charge < -0.3 is 4.74 Å². The molecule has 0 saturated carbocycles. The van der Waals surface area contributed by atoms with Crippen molar-refractivity contribution in [3.8, 4) is 0 Å². The quantitative estimate of drug-likeness (QED) is 0.628. The number of amides is 2. The van der Waals surface area contributed by atoms with Gasteiger partial charge in [-0.05, 0) is 17.5 Å². The van der Waals surface area contributed by atoms with Crippen LogP contribution in [-0.4, -0.2) is 29.4 Å². The molecule has 0 bridgehead atoms. The van der Waals surface area contributed by atoms with E-state index in [1.54, 1.807) is 0 Å². The van der Waals surface area contributed by atoms with Crippen LogP contribution in [0.25, 0.3) is 0 Å². The minimum absolute atomic E-state index is 0.0245. The van der Waals surface area contributed by atoms with Gasteiger partial charge in [-0.3, -0.25) is 14.5 Å². The van der Waals surface area contributed by atoms with Crippen molar-refractivity contribution < 1.29 is 14.3 Å². The Bertz CT molecular complexity index is 701. The molecule has 2 amide bonds. The third kappa shape index (κ3) is 2.43. The average Bonchev–Trinajstić information content (AvgIpc) is 3.28. The summed E-state index contributed by atoms with van der Waals surface area (Å²) < 4.78 is 6.16. The molecular weight excluding hydrogens is 302 g/mol. The molecule has 122 valence electrons. The number of carbonyl (C=O) groups is 2. The number of likely N-dealkylation sites (tertiary alicyclic amines) is 1. The van der Waals surface area contributed by atoms with Crippen LogP contribution in [0, 0.1) is 0 Å². The van der Waals surface area contributed by atoms with Crippen LogP contribution >= 0.6 is 0 Å². The van der Waals surface area contributed by atoms with E-state index in [4.69, 9.17) is 4.74 Å². The van der Waals surface area contributed by atoms with Crippen molar-refractivity contribution in [2.75, 3.05) is 6.54 Å². The molecule has 0 radical (unpaired) electrons. The number of rotatable bonds is 5. The Balaban J connectivity index is 1.57. The number of carbonyl (C=O) groups excluding carboxylic acids is 2. The number of imide groups is 1. The average molecular weight is 321 g/mol. The summed E-state index contributed by atoms with van der Waals surface area (Å²) in [6.07, 6.45) is 1.31. The maximum absolute atomic E-state index is 11.8. The molecule has 4 rings (SSSR count). The van der Waals surface area contributed by atoms with E-state index in [9.17, 15) is 9.59 Å². The van der Waals surface area contributed by atoms with Crippen molar-refractivity contribution in [3.63, 3.8) is 0 Å². The van der Waals surface area contributed by atoms with E-state index >= 15 is 0 Å². The second-order valence-electron chi connectivity index (χ2n) is 6.30. The maximum atomic E-state index is 11.8. The first-order valence-electron chi connectivity index (χ1n) is 8.34. The highest BCUT2D eigenvalue weighted by Crippen LogP contribution is 2.53. The zero-order valence-electron chi connectivity index (χ0n) is 13.4. The van der Waals surface area contributed by atoms with Crippen molar-refractivity contribution in [1.29, 1.82) is 0 Å². The highest BCUT2D eigenvalue weighted by atomic mass is 16.6. The lowest BCUT2D eigenvalue weighted by atomic mass is 9.87. The highest BCUT2D eigenvalue weighted by Gasteiger charge is 2.58. The standard InChI is InChI=1S/C20H19NO3/c22-18-11-12-19(23)21(18)14-13-17-20(24-17,15-7-3-1-4-8-15)16-9-5-2-6-10-16/h1-10,17H,11-14H2. The summed E-state index contributed by atoms with van der Waals surface area (Å²) in [6, 6.07) is 20.3. The highest BCUT2D eigenvalue weighted by molar-refractivity contribution is 6.01. The Kier molecular flexibility index (Phi) is 3.69. The summed E-state index contributed by atoms with van der Waals surface area (Å²) in [5.41, 5.74) is 1.76. The van der Waals surface area contributed by atoms with Gasteiger partial charge >= 0.3 is 0 Å². The number of hydrogen-bond donors (Lipinski definition) is 0. The Labute approximate surface area is 141 Å². The topological polar surface area (TPSA) is 49.9 Å². The third-order valence-electron chi connectivity index (χ3n) is 4.90. The maximum Gasteiger partial charge on any atom is 0.229 e. The summed E-state index contributed by atoms with van der Waals surface area (Å²) in [5, 5.41) is 0. The fourth-order valence-corrected chi connectivity index (χ4v) is 3.62. The van der Waals surface area contributed by atoms with Gasteiger partial charge in [0.15, 0.2) is 0 Å². The summed E-state index contributed by atoms with van der Waals surface area (Å²) in [7, 11) is 0. The monoisotopic (exact) mass is 321 g/mol. The summed E-state index contributed by atoms with van der Waals surface area (Å²) >= 11 is 0. The fraction of sp³-hybridized carbons (Fsp3) is 0.300. The van der Waals surface area contributed by atoms with Gasteiger partial charge in [-0.25, -0.2) is 0 Å². The minimum Gasteiger partial charge on any atom is -0.356 e. The smallest absolute Gasteiger partial charge is 0.229 e. The molecule has 0 aromatic heterocycles. The zero-order chi connectivity index (χ0) is 16.6. The Hall–Kier alpha value is -2.46. The summed E-state index contributed by atoms with van der Waals surface area (Å²) in [5.74, 6) is -0.128. The molecule has 24 heavy (non-hydrogen) atoms. The van der Waals surface area contributed by atoms with Crippen molar-refractivity contribution in [2.24, 2.45) is 0 Å². The van der Waals surface area contributed by atoms with Crippen molar-refractivity contribution >= 4 is 11.8 Å². The van der Waals surface area contributed by atoms with Crippen molar-refractivity contribution in [2.45, 2.75) is 31.0 Å². The molecule has 4 nitrogen and oxygen atoms in total. The predicted molar refractivity (Wildman–Crippen MR) is 89.1 cm³/mol. The molecule has 2 aliphatic rings. The molecular formula is C20H19NO3. The van der Waals surface area contributed by atoms with E-state index in [0.717, 1.165) is 11.1 Å². The number of nitrogens with zero attached hydrogens (tertiary/aromatic N) is 1. The number of epoxide rings is 1. The largest absolute Gasteiger partial charge is 0.356 e. The predicted octanol–water partition coefficient (Wildman–Crippen LogP) is 2.87. The third-order valence-corrected chi connectivity index (χ3v) is 4.90. The van der Waals surface area contributed by atoms with Crippen LogP contribution in [-0.2, 0) is 19.9 Å². The molecule has 4 heteroatoms. The Morgan fingerprint density at radius 1 is 0.875 bits per heavy atom. The van der Waals surface area contributed by atoms with Gasteiger partial charge in [-0.2, -0.15) is 0 Å². The van der Waals surface area contributed by atoms with Gasteiger partial charge in [0, 0.05) is 19.4 Å². The van der Waals surface area contributed by atoms with Crippen LogP contribution in [0.3, 0.4) is 0 Å². The molecule has 2 aromatic rings. The molecule has 0 spiro atoms. The lowest BCUT2D eigenvalue weighted by Gasteiger charge is -2.16. The normalized spacial score (nSPS) is 22.0. The van der Waals surface area contributed by atoms with Crippen LogP contribution in [0.1, 0.15) is 30.4 Å². The van der Waals surface area contributed by atoms with E-state index in [1.165, 1.54) is 4.90 Å². The molecule has 2 aromatic carbocycles. The molecule has 0 N–H and O–H groups in total. The number of ether oxygens (including phenoxy) is 1. The van der Waals surface area contributed by atoms with Crippen LogP contribution in [0.2, 0.25) is 0 Å². The second-order valence-corrected chi connectivity index (χ2v) is 6.30. The minimum atomic E-state index is -0.464. The van der Waals surface area contributed by atoms with Crippen LogP contribution in [0.4, 0.5) is 0 Å². The lowest BCUT2D eigenvalue weighted by Crippen LogP contribution is -2.31. The Morgan fingerprint density at radius 2 is 1.38 bits per heavy atom. The molecule has 2 fully saturated rings. The first-order chi connectivity index (χ1) is 11.7. The SMILES string of the molecule is O=C1CCC(=O)N1CCC1OC1(c1ccccc1)c1ccccc1. The summed E-state index contributed by atoms with van der Waals surface area (Å²) in [6.45, 7) is 0.434. The van der Waals surface area contributed by atoms with E-state index in [-0.39, 0.29) is 17.9 Å². The van der Waals surface area contributed by atoms with E-state index in [1.807, 2.05) is 36.4 Å². The van der Waals surface area contributed by atoms with Gasteiger partial charge in [0.25, 0.3) is 0 Å². The molecule has 2 aliphatic heterocycles. The van der Waals surface area contributed by atoms with Crippen LogP contribution in [0.15, 0.2) is 60.7 Å². The van der Waals surface area contributed by atoms with Crippen molar-refractivity contribution in [3.05, 3.63) is 71.8 Å². The molecule has 2 saturated heterocycles. The van der Waals surface area contributed by atoms with Gasteiger partial charge in [0.1, 0.15) is 5.60 Å². The van der Waals surface area contributed by atoms with E-state index in [2.05, 4.69) is 24.3 Å². The van der Waals surface area contributed by atoms with Crippen LogP contribution < -0.4 is 0 Å². The Morgan fingerprint density at radius 3 is 1.88 bits per heavy atom. The number of benzene rings is 2. The van der Waals surface area contributed by atoms with E-state index < -0.39 is 5.60 Å². The van der Waals surface area contributed by atoms with E-state index in [0.29, 0.717) is 25.8 Å².